The Kier molecular flexibility index (Phi) is 4.66. The topological polar surface area (TPSA) is 18.5 Å². The Balaban J connectivity index is 3.93. The fraction of sp³-hybridized carbons (Fsp3) is 0.833. The molecule has 1 unspecified atom stereocenters. The van der Waals surface area contributed by atoms with Gasteiger partial charge in [-0.2, -0.15) is 0 Å². The van der Waals surface area contributed by atoms with E-state index >= 15 is 0 Å². The SMILES string of the molecule is C[CH]C(COC(F)(F)F)OC(F)(F)F. The fourth-order valence-corrected chi connectivity index (χ4v) is 0.547. The summed E-state index contributed by atoms with van der Waals surface area (Å²) in [4.78, 5) is 0. The van der Waals surface area contributed by atoms with Gasteiger partial charge in [-0.1, -0.05) is 6.92 Å². The Morgan fingerprint density at radius 2 is 1.57 bits per heavy atom. The van der Waals surface area contributed by atoms with E-state index in [0.29, 0.717) is 0 Å². The Morgan fingerprint density at radius 3 is 1.86 bits per heavy atom. The Hall–Kier alpha value is -0.500. The number of hydrogen-bond donors (Lipinski definition) is 0. The van der Waals surface area contributed by atoms with Gasteiger partial charge in [0.25, 0.3) is 0 Å². The predicted molar refractivity (Wildman–Crippen MR) is 32.9 cm³/mol. The van der Waals surface area contributed by atoms with Gasteiger partial charge in [-0.3, -0.25) is 9.47 Å². The summed E-state index contributed by atoms with van der Waals surface area (Å²) in [6.07, 6.45) is -10.9. The van der Waals surface area contributed by atoms with Gasteiger partial charge in [0.2, 0.25) is 0 Å². The highest BCUT2D eigenvalue weighted by Crippen LogP contribution is 2.22. The van der Waals surface area contributed by atoms with E-state index in [9.17, 15) is 26.3 Å². The predicted octanol–water partition coefficient (Wildman–Crippen LogP) is 2.65. The first-order chi connectivity index (χ1) is 6.14. The highest BCUT2D eigenvalue weighted by molar-refractivity contribution is 4.71. The van der Waals surface area contributed by atoms with Gasteiger partial charge in [0.05, 0.1) is 12.7 Å². The zero-order valence-electron chi connectivity index (χ0n) is 6.95. The lowest BCUT2D eigenvalue weighted by molar-refractivity contribution is -0.367. The molecule has 0 bridgehead atoms. The third kappa shape index (κ3) is 8.11. The van der Waals surface area contributed by atoms with E-state index < -0.39 is 25.4 Å². The molecular formula is C6H7F6O2. The smallest absolute Gasteiger partial charge is 0.289 e. The van der Waals surface area contributed by atoms with E-state index in [1.807, 2.05) is 0 Å². The molecule has 0 spiro atoms. The summed E-state index contributed by atoms with van der Waals surface area (Å²) in [6, 6.07) is 0. The van der Waals surface area contributed by atoms with Crippen molar-refractivity contribution in [2.45, 2.75) is 25.8 Å². The molecule has 0 amide bonds. The lowest BCUT2D eigenvalue weighted by Gasteiger charge is -2.18. The van der Waals surface area contributed by atoms with Crippen LogP contribution in [0.15, 0.2) is 0 Å². The van der Waals surface area contributed by atoms with E-state index in [1.165, 1.54) is 0 Å². The lowest BCUT2D eigenvalue weighted by Crippen LogP contribution is -2.30. The molecule has 85 valence electrons. The molecule has 0 saturated carbocycles. The average molecular weight is 225 g/mol. The van der Waals surface area contributed by atoms with Crippen molar-refractivity contribution in [3.63, 3.8) is 0 Å². The summed E-state index contributed by atoms with van der Waals surface area (Å²) in [5.41, 5.74) is 0. The monoisotopic (exact) mass is 225 g/mol. The largest absolute Gasteiger partial charge is 0.522 e. The molecule has 1 radical (unpaired) electrons. The summed E-state index contributed by atoms with van der Waals surface area (Å²) in [5, 5.41) is 0. The van der Waals surface area contributed by atoms with Crippen molar-refractivity contribution in [2.75, 3.05) is 6.61 Å². The Morgan fingerprint density at radius 1 is 1.07 bits per heavy atom. The fourth-order valence-electron chi connectivity index (χ4n) is 0.547. The number of ether oxygens (including phenoxy) is 2. The van der Waals surface area contributed by atoms with Crippen LogP contribution < -0.4 is 0 Å². The van der Waals surface area contributed by atoms with Gasteiger partial charge in [0.15, 0.2) is 0 Å². The van der Waals surface area contributed by atoms with Gasteiger partial charge < -0.3 is 0 Å². The van der Waals surface area contributed by atoms with Crippen molar-refractivity contribution in [1.82, 2.24) is 0 Å². The molecule has 1 atom stereocenters. The molecular weight excluding hydrogens is 218 g/mol. The minimum atomic E-state index is -4.98. The van der Waals surface area contributed by atoms with Crippen molar-refractivity contribution in [3.05, 3.63) is 6.42 Å². The molecule has 0 fully saturated rings. The summed E-state index contributed by atoms with van der Waals surface area (Å²) in [6.45, 7) is -0.0876. The van der Waals surface area contributed by atoms with Crippen molar-refractivity contribution in [2.24, 2.45) is 0 Å². The second-order valence-corrected chi connectivity index (χ2v) is 2.19. The zero-order valence-corrected chi connectivity index (χ0v) is 6.95. The zero-order chi connectivity index (χ0) is 11.4. The van der Waals surface area contributed by atoms with Gasteiger partial charge in [-0.25, -0.2) is 0 Å². The molecule has 0 aromatic carbocycles. The van der Waals surface area contributed by atoms with Crippen molar-refractivity contribution >= 4 is 0 Å². The van der Waals surface area contributed by atoms with E-state index in [4.69, 9.17) is 0 Å². The summed E-state index contributed by atoms with van der Waals surface area (Å²) in [7, 11) is 0. The van der Waals surface area contributed by atoms with Crippen molar-refractivity contribution in [3.8, 4) is 0 Å². The quantitative estimate of drug-likeness (QED) is 0.684. The molecule has 0 aliphatic heterocycles. The van der Waals surface area contributed by atoms with Crippen molar-refractivity contribution < 1.29 is 35.8 Å². The second kappa shape index (κ2) is 4.83. The molecule has 0 saturated heterocycles. The standard InChI is InChI=1S/C6H7F6O2/c1-2-4(14-6(10,11)12)3-13-5(7,8)9/h2,4H,3H2,1H3. The maximum atomic E-state index is 11.5. The molecule has 0 aliphatic rings. The first-order valence-corrected chi connectivity index (χ1v) is 3.39. The maximum Gasteiger partial charge on any atom is 0.522 e. The molecule has 2 nitrogen and oxygen atoms in total. The van der Waals surface area contributed by atoms with Crippen LogP contribution in [0.2, 0.25) is 0 Å². The van der Waals surface area contributed by atoms with Crippen LogP contribution in [0.1, 0.15) is 6.92 Å². The lowest BCUT2D eigenvalue weighted by atomic mass is 10.3. The molecule has 0 rings (SSSR count). The molecule has 0 aromatic rings. The Labute approximate surface area is 75.8 Å². The number of halogens is 6. The average Bonchev–Trinajstić information content (AvgIpc) is 1.94. The van der Waals surface area contributed by atoms with Crippen LogP contribution in [-0.4, -0.2) is 25.4 Å². The van der Waals surface area contributed by atoms with E-state index in [2.05, 4.69) is 9.47 Å². The number of alkyl halides is 6. The third-order valence-corrected chi connectivity index (χ3v) is 1.07. The minimum absolute atomic E-state index is 0.819. The molecule has 0 aromatic heterocycles. The maximum absolute atomic E-state index is 11.5. The summed E-state index contributed by atoms with van der Waals surface area (Å²) < 4.78 is 75.3. The van der Waals surface area contributed by atoms with Crippen LogP contribution in [0.4, 0.5) is 26.3 Å². The molecule has 0 N–H and O–H groups in total. The minimum Gasteiger partial charge on any atom is -0.289 e. The molecule has 8 heteroatoms. The normalized spacial score (nSPS) is 15.6. The van der Waals surface area contributed by atoms with Crippen LogP contribution >= 0.6 is 0 Å². The third-order valence-electron chi connectivity index (χ3n) is 1.07. The first kappa shape index (κ1) is 13.5. The Bertz CT molecular complexity index is 163. The van der Waals surface area contributed by atoms with Gasteiger partial charge in [-0.15, -0.1) is 26.3 Å². The summed E-state index contributed by atoms with van der Waals surface area (Å²) in [5.74, 6) is 0. The highest BCUT2D eigenvalue weighted by Gasteiger charge is 2.36. The molecule has 0 heterocycles. The molecule has 14 heavy (non-hydrogen) atoms. The second-order valence-electron chi connectivity index (χ2n) is 2.19. The number of hydrogen-bond acceptors (Lipinski definition) is 2. The van der Waals surface area contributed by atoms with Gasteiger partial charge in [0, 0.05) is 0 Å². The van der Waals surface area contributed by atoms with Crippen LogP contribution in [-0.2, 0) is 9.47 Å². The molecule has 0 aliphatic carbocycles. The van der Waals surface area contributed by atoms with Crippen molar-refractivity contribution in [1.29, 1.82) is 0 Å². The van der Waals surface area contributed by atoms with Crippen LogP contribution in [0.3, 0.4) is 0 Å². The van der Waals surface area contributed by atoms with Gasteiger partial charge >= 0.3 is 12.7 Å². The summed E-state index contributed by atoms with van der Waals surface area (Å²) >= 11 is 0. The highest BCUT2D eigenvalue weighted by atomic mass is 19.4. The number of rotatable bonds is 4. The van der Waals surface area contributed by atoms with Gasteiger partial charge in [-0.05, 0) is 6.42 Å². The van der Waals surface area contributed by atoms with E-state index in [0.717, 1.165) is 13.3 Å². The first-order valence-electron chi connectivity index (χ1n) is 3.39. The van der Waals surface area contributed by atoms with E-state index in [1.54, 1.807) is 0 Å². The van der Waals surface area contributed by atoms with Crippen LogP contribution in [0, 0.1) is 6.42 Å². The van der Waals surface area contributed by atoms with Gasteiger partial charge in [0.1, 0.15) is 0 Å². The van der Waals surface area contributed by atoms with Crippen LogP contribution in [0.5, 0.6) is 0 Å². The van der Waals surface area contributed by atoms with Crippen LogP contribution in [0.25, 0.3) is 0 Å². The van der Waals surface area contributed by atoms with E-state index in [-0.39, 0.29) is 0 Å².